The van der Waals surface area contributed by atoms with E-state index >= 15 is 0 Å². The zero-order chi connectivity index (χ0) is 29.4. The third kappa shape index (κ3) is 13.3. The van der Waals surface area contributed by atoms with Gasteiger partial charge in [0.1, 0.15) is 5.75 Å². The summed E-state index contributed by atoms with van der Waals surface area (Å²) in [4.78, 5) is 0. The maximum Gasteiger partial charge on any atom is 0.123 e. The Hall–Kier alpha value is -1.76. The summed E-state index contributed by atoms with van der Waals surface area (Å²) in [6, 6.07) is 13.7. The summed E-state index contributed by atoms with van der Waals surface area (Å²) in [6.07, 6.45) is 24.8. The van der Waals surface area contributed by atoms with Crippen LogP contribution in [0, 0.1) is 0 Å². The Morgan fingerprint density at radius 3 is 1.32 bits per heavy atom. The second-order valence-corrected chi connectivity index (χ2v) is 14.6. The average Bonchev–Trinajstić information content (AvgIpc) is 2.88. The summed E-state index contributed by atoms with van der Waals surface area (Å²) >= 11 is 0. The minimum Gasteiger partial charge on any atom is -0.507 e. The highest BCUT2D eigenvalue weighted by atomic mass is 16.3. The summed E-state index contributed by atoms with van der Waals surface area (Å²) < 4.78 is 0. The van der Waals surface area contributed by atoms with E-state index in [1.807, 2.05) is 0 Å². The summed E-state index contributed by atoms with van der Waals surface area (Å²) in [5, 5.41) is 11.1. The fourth-order valence-corrected chi connectivity index (χ4v) is 5.95. The molecule has 0 amide bonds. The summed E-state index contributed by atoms with van der Waals surface area (Å²) in [5.74, 6) is 0.473. The van der Waals surface area contributed by atoms with Gasteiger partial charge in [-0.2, -0.15) is 0 Å². The third-order valence-corrected chi connectivity index (χ3v) is 8.50. The van der Waals surface area contributed by atoms with Gasteiger partial charge in [-0.15, -0.1) is 0 Å². The Morgan fingerprint density at radius 1 is 0.500 bits per heavy atom. The van der Waals surface area contributed by atoms with Crippen LogP contribution in [-0.2, 0) is 23.7 Å². The first kappa shape index (κ1) is 34.4. The molecule has 2 aromatic rings. The highest BCUT2D eigenvalue weighted by Gasteiger charge is 2.26. The number of aromatic hydroxyl groups is 1. The molecule has 0 heterocycles. The van der Waals surface area contributed by atoms with E-state index in [9.17, 15) is 5.11 Å². The number of unbranched alkanes of at least 4 members (excludes halogenated alkanes) is 15. The molecule has 0 aliphatic heterocycles. The molecule has 2 rings (SSSR count). The van der Waals surface area contributed by atoms with Crippen molar-refractivity contribution in [2.75, 3.05) is 0 Å². The van der Waals surface area contributed by atoms with E-state index in [0.717, 1.165) is 17.5 Å². The van der Waals surface area contributed by atoms with Gasteiger partial charge in [0.25, 0.3) is 0 Å². The van der Waals surface area contributed by atoms with Gasteiger partial charge in [-0.05, 0) is 57.9 Å². The van der Waals surface area contributed by atoms with Crippen molar-refractivity contribution in [1.29, 1.82) is 0 Å². The summed E-state index contributed by atoms with van der Waals surface area (Å²) in [6.45, 7) is 15.4. The van der Waals surface area contributed by atoms with Crippen LogP contribution in [0.1, 0.15) is 179 Å². The van der Waals surface area contributed by atoms with Gasteiger partial charge in [-0.1, -0.05) is 181 Å². The van der Waals surface area contributed by atoms with Gasteiger partial charge in [-0.3, -0.25) is 0 Å². The lowest BCUT2D eigenvalue weighted by Gasteiger charge is -2.28. The SMILES string of the molecule is CCCCCCCCCCCCCCCCCCc1cccc(Cc2cc(C(C)(C)C)c(O)c(C(C)(C)C)c2)c1. The lowest BCUT2D eigenvalue weighted by molar-refractivity contribution is 0.423. The largest absolute Gasteiger partial charge is 0.507 e. The highest BCUT2D eigenvalue weighted by molar-refractivity contribution is 5.50. The van der Waals surface area contributed by atoms with Gasteiger partial charge in [0, 0.05) is 0 Å². The van der Waals surface area contributed by atoms with Crippen molar-refractivity contribution in [1.82, 2.24) is 0 Å². The van der Waals surface area contributed by atoms with Gasteiger partial charge >= 0.3 is 0 Å². The van der Waals surface area contributed by atoms with Gasteiger partial charge in [0.05, 0.1) is 0 Å². The molecule has 0 radical (unpaired) electrons. The highest BCUT2D eigenvalue weighted by Crippen LogP contribution is 2.40. The van der Waals surface area contributed by atoms with E-state index in [-0.39, 0.29) is 10.8 Å². The molecular weight excluding hydrogens is 484 g/mol. The monoisotopic (exact) mass is 548 g/mol. The van der Waals surface area contributed by atoms with Crippen LogP contribution in [0.5, 0.6) is 5.75 Å². The van der Waals surface area contributed by atoms with E-state index in [2.05, 4.69) is 84.9 Å². The minimum absolute atomic E-state index is 0.0881. The predicted octanol–water partition coefficient (Wildman–Crippen LogP) is 12.4. The fourth-order valence-electron chi connectivity index (χ4n) is 5.95. The Kier molecular flexibility index (Phi) is 15.4. The number of rotatable bonds is 19. The molecule has 1 heteroatoms. The Morgan fingerprint density at radius 2 is 0.900 bits per heavy atom. The molecule has 0 bridgehead atoms. The van der Waals surface area contributed by atoms with E-state index < -0.39 is 0 Å². The van der Waals surface area contributed by atoms with Gasteiger partial charge < -0.3 is 5.11 Å². The lowest BCUT2D eigenvalue weighted by atomic mass is 9.78. The number of phenolic OH excluding ortho intramolecular Hbond substituents is 1. The third-order valence-electron chi connectivity index (χ3n) is 8.50. The van der Waals surface area contributed by atoms with Crippen molar-refractivity contribution < 1.29 is 5.11 Å². The second kappa shape index (κ2) is 17.9. The predicted molar refractivity (Wildman–Crippen MR) is 178 cm³/mol. The quantitative estimate of drug-likeness (QED) is 0.173. The van der Waals surface area contributed by atoms with Gasteiger partial charge in [-0.25, -0.2) is 0 Å². The van der Waals surface area contributed by atoms with E-state index in [0.29, 0.717) is 5.75 Å². The Bertz CT molecular complexity index is 920. The number of aryl methyl sites for hydroxylation is 1. The molecule has 0 unspecified atom stereocenters. The normalized spacial score (nSPS) is 12.3. The molecule has 1 nitrogen and oxygen atoms in total. The molecule has 0 saturated carbocycles. The molecule has 2 aromatic carbocycles. The minimum atomic E-state index is -0.0881. The first-order valence-corrected chi connectivity index (χ1v) is 17.0. The Balaban J connectivity index is 1.68. The number of hydrogen-bond donors (Lipinski definition) is 1. The number of hydrogen-bond acceptors (Lipinski definition) is 1. The van der Waals surface area contributed by atoms with E-state index in [4.69, 9.17) is 0 Å². The van der Waals surface area contributed by atoms with Crippen LogP contribution in [0.15, 0.2) is 36.4 Å². The molecule has 226 valence electrons. The zero-order valence-corrected chi connectivity index (χ0v) is 27.6. The Labute approximate surface area is 249 Å². The maximum absolute atomic E-state index is 11.1. The molecule has 0 spiro atoms. The van der Waals surface area contributed by atoms with Crippen LogP contribution in [0.3, 0.4) is 0 Å². The van der Waals surface area contributed by atoms with Crippen LogP contribution in [0.4, 0.5) is 0 Å². The van der Waals surface area contributed by atoms with Gasteiger partial charge in [0.2, 0.25) is 0 Å². The standard InChI is InChI=1S/C39H64O/c1-8-9-10-11-12-13-14-15-16-17-18-19-20-21-22-23-25-32-26-24-27-33(28-32)29-34-30-35(38(2,3)4)37(40)36(31-34)39(5,6)7/h24,26-28,30-31,40H,8-23,25,29H2,1-7H3. The topological polar surface area (TPSA) is 20.2 Å². The van der Waals surface area contributed by atoms with Crippen LogP contribution in [0.25, 0.3) is 0 Å². The van der Waals surface area contributed by atoms with Crippen molar-refractivity contribution in [3.05, 3.63) is 64.2 Å². The maximum atomic E-state index is 11.1. The van der Waals surface area contributed by atoms with E-state index in [1.165, 1.54) is 126 Å². The van der Waals surface area contributed by atoms with Crippen LogP contribution in [0.2, 0.25) is 0 Å². The lowest BCUT2D eigenvalue weighted by Crippen LogP contribution is -2.18. The molecule has 0 aliphatic carbocycles. The smallest absolute Gasteiger partial charge is 0.123 e. The molecule has 0 fully saturated rings. The molecular formula is C39H64O. The van der Waals surface area contributed by atoms with Crippen LogP contribution in [-0.4, -0.2) is 5.11 Å². The van der Waals surface area contributed by atoms with Crippen LogP contribution < -0.4 is 0 Å². The molecule has 0 saturated heterocycles. The van der Waals surface area contributed by atoms with Crippen molar-refractivity contribution in [3.8, 4) is 5.75 Å². The number of phenols is 1. The second-order valence-electron chi connectivity index (χ2n) is 14.6. The van der Waals surface area contributed by atoms with Crippen molar-refractivity contribution in [2.24, 2.45) is 0 Å². The molecule has 1 N–H and O–H groups in total. The van der Waals surface area contributed by atoms with Gasteiger partial charge in [0.15, 0.2) is 0 Å². The summed E-state index contributed by atoms with van der Waals surface area (Å²) in [5.41, 5.74) is 6.07. The van der Waals surface area contributed by atoms with E-state index in [1.54, 1.807) is 0 Å². The summed E-state index contributed by atoms with van der Waals surface area (Å²) in [7, 11) is 0. The van der Waals surface area contributed by atoms with Crippen LogP contribution >= 0.6 is 0 Å². The average molecular weight is 549 g/mol. The first-order valence-electron chi connectivity index (χ1n) is 17.0. The zero-order valence-electron chi connectivity index (χ0n) is 27.6. The molecule has 0 aromatic heterocycles. The van der Waals surface area contributed by atoms with Crippen molar-refractivity contribution >= 4 is 0 Å². The van der Waals surface area contributed by atoms with Crippen molar-refractivity contribution in [2.45, 2.75) is 175 Å². The molecule has 0 aliphatic rings. The number of benzene rings is 2. The van der Waals surface area contributed by atoms with Crippen molar-refractivity contribution in [3.63, 3.8) is 0 Å². The fraction of sp³-hybridized carbons (Fsp3) is 0.692. The molecule has 40 heavy (non-hydrogen) atoms. The molecule has 0 atom stereocenters. The first-order chi connectivity index (χ1) is 19.0.